The first-order valence-electron chi connectivity index (χ1n) is 10.4. The summed E-state index contributed by atoms with van der Waals surface area (Å²) in [5, 5.41) is 3.00. The molecule has 0 unspecified atom stereocenters. The van der Waals surface area contributed by atoms with E-state index in [1.165, 1.54) is 23.4 Å². The lowest BCUT2D eigenvalue weighted by atomic mass is 9.99. The van der Waals surface area contributed by atoms with Gasteiger partial charge in [-0.15, -0.1) is 0 Å². The van der Waals surface area contributed by atoms with Crippen LogP contribution in [0.3, 0.4) is 0 Å². The summed E-state index contributed by atoms with van der Waals surface area (Å²) in [5.74, 6) is 0.829. The van der Waals surface area contributed by atoms with E-state index in [-0.39, 0.29) is 12.0 Å². The monoisotopic (exact) mass is 389 g/mol. The van der Waals surface area contributed by atoms with Crippen molar-refractivity contribution in [3.63, 3.8) is 0 Å². The van der Waals surface area contributed by atoms with Crippen LogP contribution in [0.25, 0.3) is 0 Å². The van der Waals surface area contributed by atoms with E-state index in [1.54, 1.807) is 4.90 Å². The lowest BCUT2D eigenvalue weighted by Gasteiger charge is -2.32. The highest BCUT2D eigenvalue weighted by molar-refractivity contribution is 5.91. The van der Waals surface area contributed by atoms with Crippen molar-refractivity contribution in [2.75, 3.05) is 62.6 Å². The van der Waals surface area contributed by atoms with Crippen LogP contribution in [-0.4, -0.2) is 69.3 Å². The molecule has 2 N–H and O–H groups in total. The summed E-state index contributed by atoms with van der Waals surface area (Å²) in [6, 6.07) is 8.16. The van der Waals surface area contributed by atoms with Crippen LogP contribution in [0, 0.1) is 5.92 Å². The predicted molar refractivity (Wildman–Crippen MR) is 110 cm³/mol. The molecule has 0 atom stereocenters. The molecule has 0 aliphatic carbocycles. The van der Waals surface area contributed by atoms with Crippen molar-refractivity contribution in [2.24, 2.45) is 5.92 Å². The zero-order chi connectivity index (χ0) is 19.9. The average molecular weight is 390 g/mol. The number of anilines is 2. The maximum Gasteiger partial charge on any atom is 0.410 e. The van der Waals surface area contributed by atoms with Crippen LogP contribution < -0.4 is 15.1 Å². The fourth-order valence-corrected chi connectivity index (χ4v) is 3.85. The molecule has 0 spiro atoms. The zero-order valence-corrected chi connectivity index (χ0v) is 17.1. The molecule has 1 aromatic carbocycles. The molecule has 0 saturated carbocycles. The topological polar surface area (TPSA) is 66.3 Å². The summed E-state index contributed by atoms with van der Waals surface area (Å²) in [7, 11) is 0. The van der Waals surface area contributed by atoms with E-state index < -0.39 is 0 Å². The minimum absolute atomic E-state index is 0.0131. The molecule has 0 radical (unpaired) electrons. The standard InChI is InChI=1S/C21H32N4O3/c1-3-28-21(27)25-14-12-23(13-15-25)16-20(26)22-18-4-6-19(7-5-18)24-10-8-17(2)9-11-24/h4-7,17H,3,8-16H2,1-2H3,(H,22,26)/p+1. The van der Waals surface area contributed by atoms with Crippen LogP contribution in [0.2, 0.25) is 0 Å². The number of piperidine rings is 1. The molecule has 7 heteroatoms. The summed E-state index contributed by atoms with van der Waals surface area (Å²) in [6.07, 6.45) is 2.23. The number of ether oxygens (including phenoxy) is 1. The molecule has 1 aromatic rings. The highest BCUT2D eigenvalue weighted by Crippen LogP contribution is 2.24. The molecule has 2 heterocycles. The molecule has 2 saturated heterocycles. The van der Waals surface area contributed by atoms with E-state index in [2.05, 4.69) is 29.3 Å². The third kappa shape index (κ3) is 5.61. The van der Waals surface area contributed by atoms with Gasteiger partial charge < -0.3 is 19.9 Å². The van der Waals surface area contributed by atoms with E-state index >= 15 is 0 Å². The Morgan fingerprint density at radius 3 is 2.36 bits per heavy atom. The van der Waals surface area contributed by atoms with Crippen molar-refractivity contribution in [1.82, 2.24) is 4.90 Å². The molecule has 2 fully saturated rings. The first-order chi connectivity index (χ1) is 13.5. The summed E-state index contributed by atoms with van der Waals surface area (Å²) in [6.45, 7) is 9.93. The predicted octanol–water partition coefficient (Wildman–Crippen LogP) is 1.22. The Morgan fingerprint density at radius 2 is 1.75 bits per heavy atom. The Morgan fingerprint density at radius 1 is 1.11 bits per heavy atom. The molecule has 154 valence electrons. The molecule has 0 aromatic heterocycles. The molecular formula is C21H33N4O3+. The van der Waals surface area contributed by atoms with Crippen LogP contribution in [0.5, 0.6) is 0 Å². The average Bonchev–Trinajstić information content (AvgIpc) is 2.70. The van der Waals surface area contributed by atoms with E-state index in [1.807, 2.05) is 19.1 Å². The minimum Gasteiger partial charge on any atom is -0.450 e. The van der Waals surface area contributed by atoms with Crippen LogP contribution in [0.15, 0.2) is 24.3 Å². The second-order valence-electron chi connectivity index (χ2n) is 7.88. The lowest BCUT2D eigenvalue weighted by Crippen LogP contribution is -3.15. The first kappa shape index (κ1) is 20.5. The van der Waals surface area contributed by atoms with Crippen molar-refractivity contribution in [3.05, 3.63) is 24.3 Å². The van der Waals surface area contributed by atoms with E-state index in [0.717, 1.165) is 37.8 Å². The summed E-state index contributed by atoms with van der Waals surface area (Å²) >= 11 is 0. The Bertz CT molecular complexity index is 648. The van der Waals surface area contributed by atoms with Gasteiger partial charge in [-0.05, 0) is 49.9 Å². The van der Waals surface area contributed by atoms with E-state index in [0.29, 0.717) is 26.2 Å². The van der Waals surface area contributed by atoms with Gasteiger partial charge in [-0.1, -0.05) is 6.92 Å². The number of hydrogen-bond acceptors (Lipinski definition) is 4. The molecule has 3 rings (SSSR count). The summed E-state index contributed by atoms with van der Waals surface area (Å²) < 4.78 is 5.03. The number of quaternary nitrogens is 1. The largest absolute Gasteiger partial charge is 0.450 e. The molecule has 0 bridgehead atoms. The Balaban J connectivity index is 1.42. The van der Waals surface area contributed by atoms with Gasteiger partial charge in [-0.2, -0.15) is 0 Å². The quantitative estimate of drug-likeness (QED) is 0.795. The van der Waals surface area contributed by atoms with Gasteiger partial charge in [0.2, 0.25) is 0 Å². The van der Waals surface area contributed by atoms with Gasteiger partial charge >= 0.3 is 6.09 Å². The van der Waals surface area contributed by atoms with Crippen molar-refractivity contribution in [1.29, 1.82) is 0 Å². The number of nitrogens with zero attached hydrogens (tertiary/aromatic N) is 2. The number of nitrogens with one attached hydrogen (secondary N) is 2. The molecule has 2 aliphatic heterocycles. The van der Waals surface area contributed by atoms with E-state index in [9.17, 15) is 9.59 Å². The normalized spacial score (nSPS) is 18.8. The fraction of sp³-hybridized carbons (Fsp3) is 0.619. The van der Waals surface area contributed by atoms with Crippen LogP contribution in [0.4, 0.5) is 16.2 Å². The summed E-state index contributed by atoms with van der Waals surface area (Å²) in [4.78, 5) is 29.4. The molecule has 2 aliphatic rings. The van der Waals surface area contributed by atoms with Crippen molar-refractivity contribution >= 4 is 23.4 Å². The van der Waals surface area contributed by atoms with Gasteiger partial charge in [0.15, 0.2) is 6.54 Å². The Labute approximate surface area is 167 Å². The zero-order valence-electron chi connectivity index (χ0n) is 17.1. The van der Waals surface area contributed by atoms with Crippen LogP contribution in [0.1, 0.15) is 26.7 Å². The molecule has 28 heavy (non-hydrogen) atoms. The highest BCUT2D eigenvalue weighted by Gasteiger charge is 2.26. The third-order valence-electron chi connectivity index (χ3n) is 5.71. The van der Waals surface area contributed by atoms with Crippen molar-refractivity contribution < 1.29 is 19.2 Å². The number of rotatable bonds is 5. The first-order valence-corrected chi connectivity index (χ1v) is 10.4. The second-order valence-corrected chi connectivity index (χ2v) is 7.88. The maximum absolute atomic E-state index is 12.4. The van der Waals surface area contributed by atoms with Crippen LogP contribution >= 0.6 is 0 Å². The van der Waals surface area contributed by atoms with Gasteiger partial charge in [0, 0.05) is 24.5 Å². The second kappa shape index (κ2) is 9.78. The number of piperazine rings is 1. The SMILES string of the molecule is CCOC(=O)N1CC[NH+](CC(=O)Nc2ccc(N3CCC(C)CC3)cc2)CC1. The van der Waals surface area contributed by atoms with E-state index in [4.69, 9.17) is 4.74 Å². The van der Waals surface area contributed by atoms with Gasteiger partial charge in [-0.3, -0.25) is 9.69 Å². The molecule has 2 amide bonds. The lowest BCUT2D eigenvalue weighted by molar-refractivity contribution is -0.895. The highest BCUT2D eigenvalue weighted by atomic mass is 16.6. The minimum atomic E-state index is -0.255. The number of hydrogen-bond donors (Lipinski definition) is 2. The molecule has 7 nitrogen and oxygen atoms in total. The third-order valence-corrected chi connectivity index (χ3v) is 5.71. The maximum atomic E-state index is 12.4. The van der Waals surface area contributed by atoms with Crippen molar-refractivity contribution in [3.8, 4) is 0 Å². The van der Waals surface area contributed by atoms with Crippen molar-refractivity contribution in [2.45, 2.75) is 26.7 Å². The number of carbonyl (C=O) groups is 2. The number of carbonyl (C=O) groups excluding carboxylic acids is 2. The Hall–Kier alpha value is -2.28. The molecular weight excluding hydrogens is 356 g/mol. The summed E-state index contributed by atoms with van der Waals surface area (Å²) in [5.41, 5.74) is 2.06. The van der Waals surface area contributed by atoms with Gasteiger partial charge in [-0.25, -0.2) is 4.79 Å². The number of amides is 2. The van der Waals surface area contributed by atoms with Gasteiger partial charge in [0.25, 0.3) is 5.91 Å². The fourth-order valence-electron chi connectivity index (χ4n) is 3.85. The number of benzene rings is 1. The van der Waals surface area contributed by atoms with Gasteiger partial charge in [0.1, 0.15) is 0 Å². The van der Waals surface area contributed by atoms with Crippen LogP contribution in [-0.2, 0) is 9.53 Å². The van der Waals surface area contributed by atoms with Gasteiger partial charge in [0.05, 0.1) is 32.8 Å². The smallest absolute Gasteiger partial charge is 0.410 e. The Kier molecular flexibility index (Phi) is 7.14.